The quantitative estimate of drug-likeness (QED) is 0.673. The fourth-order valence-electron chi connectivity index (χ4n) is 0.677. The summed E-state index contributed by atoms with van der Waals surface area (Å²) in [6, 6.07) is 4.47. The van der Waals surface area contributed by atoms with Gasteiger partial charge < -0.3 is 5.73 Å². The highest BCUT2D eigenvalue weighted by Crippen LogP contribution is 2.21. The lowest BCUT2D eigenvalue weighted by Crippen LogP contribution is -1.94. The number of hydrogen-bond acceptors (Lipinski definition) is 2. The van der Waals surface area contributed by atoms with Crippen LogP contribution in [0, 0.1) is 17.1 Å². The highest BCUT2D eigenvalue weighted by molar-refractivity contribution is 9.10. The smallest absolute Gasteiger partial charge is 0.148 e. The Balaban J connectivity index is 3.39. The van der Waals surface area contributed by atoms with Crippen LogP contribution in [-0.4, -0.2) is 0 Å². The Bertz CT molecular complexity index is 330. The number of nitrogen functional groups attached to an aromatic ring is 1. The molecular formula is C7H4BrFN2. The van der Waals surface area contributed by atoms with Crippen LogP contribution in [0.25, 0.3) is 0 Å². The van der Waals surface area contributed by atoms with Crippen LogP contribution in [0.4, 0.5) is 10.1 Å². The van der Waals surface area contributed by atoms with Gasteiger partial charge in [0.25, 0.3) is 0 Å². The summed E-state index contributed by atoms with van der Waals surface area (Å²) in [5.41, 5.74) is 5.29. The summed E-state index contributed by atoms with van der Waals surface area (Å²) in [6.07, 6.45) is 0. The summed E-state index contributed by atoms with van der Waals surface area (Å²) in [7, 11) is 0. The number of nitrogens with two attached hydrogens (primary N) is 1. The summed E-state index contributed by atoms with van der Waals surface area (Å²) < 4.78 is 13.2. The zero-order chi connectivity index (χ0) is 8.43. The molecule has 1 aromatic rings. The van der Waals surface area contributed by atoms with E-state index in [1.807, 2.05) is 0 Å². The fourth-order valence-corrected chi connectivity index (χ4v) is 1.11. The van der Waals surface area contributed by atoms with Gasteiger partial charge in [0.15, 0.2) is 0 Å². The van der Waals surface area contributed by atoms with E-state index in [0.29, 0.717) is 4.47 Å². The van der Waals surface area contributed by atoms with Crippen molar-refractivity contribution >= 4 is 21.6 Å². The van der Waals surface area contributed by atoms with Crippen molar-refractivity contribution in [2.45, 2.75) is 0 Å². The van der Waals surface area contributed by atoms with E-state index in [0.717, 1.165) is 0 Å². The Hall–Kier alpha value is -1.08. The van der Waals surface area contributed by atoms with Crippen LogP contribution in [0.3, 0.4) is 0 Å². The molecule has 0 saturated carbocycles. The van der Waals surface area contributed by atoms with Crippen molar-refractivity contribution in [1.82, 2.24) is 0 Å². The summed E-state index contributed by atoms with van der Waals surface area (Å²) in [5.74, 6) is -0.573. The molecule has 2 nitrogen and oxygen atoms in total. The van der Waals surface area contributed by atoms with Crippen LogP contribution in [-0.2, 0) is 0 Å². The summed E-state index contributed by atoms with van der Waals surface area (Å²) in [5, 5.41) is 8.45. The van der Waals surface area contributed by atoms with Crippen molar-refractivity contribution < 1.29 is 4.39 Å². The highest BCUT2D eigenvalue weighted by Gasteiger charge is 2.05. The van der Waals surface area contributed by atoms with Crippen LogP contribution in [0.2, 0.25) is 0 Å². The van der Waals surface area contributed by atoms with E-state index < -0.39 is 5.82 Å². The molecule has 0 atom stereocenters. The van der Waals surface area contributed by atoms with Gasteiger partial charge >= 0.3 is 0 Å². The van der Waals surface area contributed by atoms with E-state index >= 15 is 0 Å². The Morgan fingerprint density at radius 3 is 2.73 bits per heavy atom. The van der Waals surface area contributed by atoms with E-state index in [-0.39, 0.29) is 11.3 Å². The average molecular weight is 215 g/mol. The molecule has 0 spiro atoms. The molecule has 0 aliphatic carbocycles. The number of nitriles is 1. The van der Waals surface area contributed by atoms with Gasteiger partial charge in [0.1, 0.15) is 11.9 Å². The van der Waals surface area contributed by atoms with Gasteiger partial charge in [-0.25, -0.2) is 4.39 Å². The van der Waals surface area contributed by atoms with Gasteiger partial charge in [0, 0.05) is 4.47 Å². The fraction of sp³-hybridized carbons (Fsp3) is 0. The first-order valence-corrected chi connectivity index (χ1v) is 3.59. The molecule has 1 aromatic carbocycles. The standard InChI is InChI=1S/C7H4BrFN2/c8-5-1-4(3-10)7(11)6(9)2-5/h1-2H,11H2. The molecule has 1 rings (SSSR count). The Kier molecular flexibility index (Phi) is 2.11. The lowest BCUT2D eigenvalue weighted by atomic mass is 10.2. The van der Waals surface area contributed by atoms with Gasteiger partial charge in [-0.3, -0.25) is 0 Å². The molecular weight excluding hydrogens is 211 g/mol. The number of hydrogen-bond donors (Lipinski definition) is 1. The minimum atomic E-state index is -0.573. The van der Waals surface area contributed by atoms with Gasteiger partial charge in [0.05, 0.1) is 11.3 Å². The molecule has 0 aliphatic heterocycles. The van der Waals surface area contributed by atoms with Gasteiger partial charge in [-0.1, -0.05) is 15.9 Å². The molecule has 0 bridgehead atoms. The zero-order valence-corrected chi connectivity index (χ0v) is 7.02. The molecule has 0 radical (unpaired) electrons. The van der Waals surface area contributed by atoms with E-state index in [9.17, 15) is 4.39 Å². The normalized spacial score (nSPS) is 9.18. The molecule has 11 heavy (non-hydrogen) atoms. The topological polar surface area (TPSA) is 49.8 Å². The zero-order valence-electron chi connectivity index (χ0n) is 5.44. The third-order valence-corrected chi connectivity index (χ3v) is 1.67. The van der Waals surface area contributed by atoms with Crippen LogP contribution in [0.15, 0.2) is 16.6 Å². The molecule has 0 saturated heterocycles. The molecule has 0 aliphatic rings. The van der Waals surface area contributed by atoms with Crippen LogP contribution >= 0.6 is 15.9 Å². The maximum atomic E-state index is 12.7. The van der Waals surface area contributed by atoms with Crippen LogP contribution in [0.1, 0.15) is 5.56 Å². The number of rotatable bonds is 0. The summed E-state index contributed by atoms with van der Waals surface area (Å²) >= 11 is 3.04. The molecule has 2 N–H and O–H groups in total. The van der Waals surface area contributed by atoms with E-state index in [4.69, 9.17) is 11.0 Å². The van der Waals surface area contributed by atoms with Crippen molar-refractivity contribution in [3.05, 3.63) is 28.0 Å². The van der Waals surface area contributed by atoms with Crippen LogP contribution < -0.4 is 5.73 Å². The van der Waals surface area contributed by atoms with E-state index in [2.05, 4.69) is 15.9 Å². The predicted molar refractivity (Wildman–Crippen MR) is 43.2 cm³/mol. The molecule has 0 heterocycles. The highest BCUT2D eigenvalue weighted by atomic mass is 79.9. The first-order chi connectivity index (χ1) is 5.15. The van der Waals surface area contributed by atoms with E-state index in [1.165, 1.54) is 12.1 Å². The molecule has 0 fully saturated rings. The SMILES string of the molecule is N#Cc1cc(Br)cc(F)c1N. The van der Waals surface area contributed by atoms with Crippen molar-refractivity contribution in [3.63, 3.8) is 0 Å². The molecule has 0 amide bonds. The van der Waals surface area contributed by atoms with E-state index in [1.54, 1.807) is 6.07 Å². The number of benzene rings is 1. The first-order valence-electron chi connectivity index (χ1n) is 2.79. The minimum Gasteiger partial charge on any atom is -0.395 e. The monoisotopic (exact) mass is 214 g/mol. The van der Waals surface area contributed by atoms with Crippen molar-refractivity contribution in [1.29, 1.82) is 5.26 Å². The number of nitrogens with zero attached hydrogens (tertiary/aromatic N) is 1. The largest absolute Gasteiger partial charge is 0.395 e. The molecule has 0 unspecified atom stereocenters. The Morgan fingerprint density at radius 1 is 1.55 bits per heavy atom. The van der Waals surface area contributed by atoms with Crippen molar-refractivity contribution in [2.24, 2.45) is 0 Å². The minimum absolute atomic E-state index is 0.101. The maximum absolute atomic E-state index is 12.7. The Labute approximate surface area is 71.6 Å². The van der Waals surface area contributed by atoms with Gasteiger partial charge in [0.2, 0.25) is 0 Å². The predicted octanol–water partition coefficient (Wildman–Crippen LogP) is 2.04. The van der Waals surface area contributed by atoms with Crippen molar-refractivity contribution in [3.8, 4) is 6.07 Å². The second-order valence-corrected chi connectivity index (χ2v) is 2.88. The second kappa shape index (κ2) is 2.89. The van der Waals surface area contributed by atoms with Gasteiger partial charge in [-0.15, -0.1) is 0 Å². The lowest BCUT2D eigenvalue weighted by molar-refractivity contribution is 0.631. The third kappa shape index (κ3) is 1.49. The number of halogens is 2. The average Bonchev–Trinajstić information content (AvgIpc) is 1.96. The number of anilines is 1. The summed E-state index contributed by atoms with van der Waals surface area (Å²) in [6.45, 7) is 0. The van der Waals surface area contributed by atoms with Crippen molar-refractivity contribution in [2.75, 3.05) is 5.73 Å². The van der Waals surface area contributed by atoms with Gasteiger partial charge in [-0.05, 0) is 12.1 Å². The lowest BCUT2D eigenvalue weighted by Gasteiger charge is -1.98. The van der Waals surface area contributed by atoms with Crippen LogP contribution in [0.5, 0.6) is 0 Å². The second-order valence-electron chi connectivity index (χ2n) is 1.96. The first kappa shape index (κ1) is 8.02. The molecule has 0 aromatic heterocycles. The third-order valence-electron chi connectivity index (χ3n) is 1.21. The molecule has 4 heteroatoms. The maximum Gasteiger partial charge on any atom is 0.148 e. The Morgan fingerprint density at radius 2 is 2.18 bits per heavy atom. The van der Waals surface area contributed by atoms with Gasteiger partial charge in [-0.2, -0.15) is 5.26 Å². The summed E-state index contributed by atoms with van der Waals surface area (Å²) in [4.78, 5) is 0. The molecule has 56 valence electrons.